The number of hydrogen-bond acceptors (Lipinski definition) is 3. The lowest BCUT2D eigenvalue weighted by Crippen LogP contribution is -2.28. The lowest BCUT2D eigenvalue weighted by molar-refractivity contribution is -0.145. The molecule has 6 heteroatoms. The Kier molecular flexibility index (Phi) is 6.16. The van der Waals surface area contributed by atoms with E-state index in [2.05, 4.69) is 4.90 Å². The summed E-state index contributed by atoms with van der Waals surface area (Å²) < 4.78 is 0. The predicted molar refractivity (Wildman–Crippen MR) is 84.7 cm³/mol. The van der Waals surface area contributed by atoms with Crippen LogP contribution in [-0.4, -0.2) is 46.7 Å². The van der Waals surface area contributed by atoms with Gasteiger partial charge >= 0.3 is 11.9 Å². The Hall–Kier alpha value is -1.14. The number of aliphatic carboxylic acids is 2. The van der Waals surface area contributed by atoms with Crippen molar-refractivity contribution in [1.29, 1.82) is 0 Å². The van der Waals surface area contributed by atoms with Crippen molar-refractivity contribution >= 4 is 28.9 Å². The Morgan fingerprint density at radius 1 is 1.29 bits per heavy atom. The molecule has 0 amide bonds. The summed E-state index contributed by atoms with van der Waals surface area (Å²) >= 11 is 0. The number of hydrogen-bond donors (Lipinski definition) is 2. The Bertz CT molecular complexity index is 456. The van der Waals surface area contributed by atoms with Gasteiger partial charge in [0.05, 0.1) is 5.41 Å². The van der Waals surface area contributed by atoms with Crippen LogP contribution in [0.25, 0.3) is 0 Å². The van der Waals surface area contributed by atoms with Gasteiger partial charge in [0.1, 0.15) is 0 Å². The summed E-state index contributed by atoms with van der Waals surface area (Å²) in [6.07, 6.45) is 7.41. The molecule has 5 nitrogen and oxygen atoms in total. The van der Waals surface area contributed by atoms with Crippen LogP contribution in [-0.2, 0) is 9.59 Å². The smallest absolute Gasteiger partial charge is 0.331 e. The van der Waals surface area contributed by atoms with Crippen LogP contribution in [0.3, 0.4) is 0 Å². The van der Waals surface area contributed by atoms with Gasteiger partial charge in [0.2, 0.25) is 0 Å². The van der Waals surface area contributed by atoms with Crippen molar-refractivity contribution in [3.8, 4) is 0 Å². The number of carboxylic acid groups (broad SMARTS) is 2. The van der Waals surface area contributed by atoms with Crippen LogP contribution in [0.1, 0.15) is 26.2 Å². The molecule has 3 aliphatic rings. The largest absolute Gasteiger partial charge is 0.481 e. The second-order valence-electron chi connectivity index (χ2n) is 6.00. The quantitative estimate of drug-likeness (QED) is 0.790. The molecule has 0 aromatic rings. The molecule has 0 aromatic heterocycles. The highest BCUT2D eigenvalue weighted by atomic mass is 79.9. The van der Waals surface area contributed by atoms with Crippen molar-refractivity contribution in [3.05, 3.63) is 23.8 Å². The van der Waals surface area contributed by atoms with Crippen molar-refractivity contribution in [1.82, 2.24) is 4.90 Å². The lowest BCUT2D eigenvalue weighted by atomic mass is 9.80. The van der Waals surface area contributed by atoms with Crippen molar-refractivity contribution < 1.29 is 19.8 Å². The SMILES string of the molecule is Br.C1CN2CCC1C2.CC1(C(=O)O)C=CC=C(C(=O)O)C1. The maximum Gasteiger partial charge on any atom is 0.331 e. The minimum atomic E-state index is -1.08. The van der Waals surface area contributed by atoms with Crippen LogP contribution in [0.2, 0.25) is 0 Å². The van der Waals surface area contributed by atoms with Crippen molar-refractivity contribution in [2.24, 2.45) is 11.3 Å². The number of halogens is 1. The van der Waals surface area contributed by atoms with Gasteiger partial charge in [0.25, 0.3) is 0 Å². The Labute approximate surface area is 135 Å². The first kappa shape index (κ1) is 17.9. The topological polar surface area (TPSA) is 77.8 Å². The van der Waals surface area contributed by atoms with Gasteiger partial charge in [0, 0.05) is 12.1 Å². The average Bonchev–Trinajstić information content (AvgIpc) is 3.04. The lowest BCUT2D eigenvalue weighted by Gasteiger charge is -2.23. The second-order valence-corrected chi connectivity index (χ2v) is 6.00. The fourth-order valence-corrected chi connectivity index (χ4v) is 2.90. The molecule has 0 spiro atoms. The van der Waals surface area contributed by atoms with Crippen molar-refractivity contribution in [2.45, 2.75) is 26.2 Å². The van der Waals surface area contributed by atoms with Crippen LogP contribution in [0.15, 0.2) is 23.8 Å². The number of allylic oxidation sites excluding steroid dienone is 2. The Morgan fingerprint density at radius 2 is 1.90 bits per heavy atom. The normalized spacial score (nSPS) is 32.5. The van der Waals surface area contributed by atoms with Crippen LogP contribution in [0, 0.1) is 11.3 Å². The van der Waals surface area contributed by atoms with E-state index >= 15 is 0 Å². The first-order valence-electron chi connectivity index (χ1n) is 6.98. The Morgan fingerprint density at radius 3 is 2.24 bits per heavy atom. The van der Waals surface area contributed by atoms with Gasteiger partial charge in [-0.25, -0.2) is 4.79 Å². The molecule has 2 heterocycles. The van der Waals surface area contributed by atoms with Gasteiger partial charge in [-0.2, -0.15) is 0 Å². The zero-order chi connectivity index (χ0) is 14.8. The van der Waals surface area contributed by atoms with Gasteiger partial charge in [-0.15, -0.1) is 17.0 Å². The molecule has 21 heavy (non-hydrogen) atoms. The van der Waals surface area contributed by atoms with E-state index < -0.39 is 17.4 Å². The van der Waals surface area contributed by atoms with Crippen LogP contribution >= 0.6 is 17.0 Å². The highest BCUT2D eigenvalue weighted by molar-refractivity contribution is 8.93. The van der Waals surface area contributed by atoms with E-state index in [1.54, 1.807) is 0 Å². The average molecular weight is 360 g/mol. The molecule has 3 rings (SSSR count). The third-order valence-corrected chi connectivity index (χ3v) is 4.31. The van der Waals surface area contributed by atoms with E-state index in [1.807, 2.05) is 0 Å². The number of fused-ring (bicyclic) bond motifs is 2. The zero-order valence-corrected chi connectivity index (χ0v) is 13.8. The monoisotopic (exact) mass is 359 g/mol. The molecule has 2 saturated heterocycles. The molecule has 0 saturated carbocycles. The van der Waals surface area contributed by atoms with Gasteiger partial charge in [-0.1, -0.05) is 18.2 Å². The summed E-state index contributed by atoms with van der Waals surface area (Å²) in [5, 5.41) is 17.5. The molecule has 2 fully saturated rings. The van der Waals surface area contributed by atoms with Gasteiger partial charge in [-0.05, 0) is 45.2 Å². The van der Waals surface area contributed by atoms with E-state index in [9.17, 15) is 9.59 Å². The summed E-state index contributed by atoms with van der Waals surface area (Å²) in [4.78, 5) is 23.9. The number of nitrogens with zero attached hydrogens (tertiary/aromatic N) is 1. The van der Waals surface area contributed by atoms with Crippen LogP contribution in [0.5, 0.6) is 0 Å². The molecule has 0 radical (unpaired) electrons. The van der Waals surface area contributed by atoms with Gasteiger partial charge in [-0.3, -0.25) is 4.79 Å². The minimum Gasteiger partial charge on any atom is -0.481 e. The van der Waals surface area contributed by atoms with Crippen LogP contribution in [0.4, 0.5) is 0 Å². The second kappa shape index (κ2) is 7.22. The summed E-state index contributed by atoms with van der Waals surface area (Å²) in [5.41, 5.74) is -0.949. The first-order chi connectivity index (χ1) is 9.40. The van der Waals surface area contributed by atoms with Gasteiger partial charge in [0.15, 0.2) is 0 Å². The maximum absolute atomic E-state index is 10.8. The number of carboxylic acids is 2. The zero-order valence-electron chi connectivity index (χ0n) is 12.1. The number of piperidine rings is 1. The van der Waals surface area contributed by atoms with E-state index in [4.69, 9.17) is 10.2 Å². The summed E-state index contributed by atoms with van der Waals surface area (Å²) in [6, 6.07) is 0. The number of rotatable bonds is 2. The van der Waals surface area contributed by atoms with E-state index in [1.165, 1.54) is 57.6 Å². The standard InChI is InChI=1S/C9H10O4.C6H11N.BrH/c1-9(8(12)13)4-2-3-6(5-9)7(10)11;1-3-7-4-2-6(1)5-7;/h2-4H,5H2,1H3,(H,10,11)(H,12,13);6H,1-5H2;1H. The summed E-state index contributed by atoms with van der Waals surface area (Å²) in [7, 11) is 0. The highest BCUT2D eigenvalue weighted by Gasteiger charge is 2.34. The number of carbonyl (C=O) groups is 2. The molecular formula is C15H22BrNO4. The third-order valence-electron chi connectivity index (χ3n) is 4.31. The molecule has 1 unspecified atom stereocenters. The molecule has 2 aliphatic heterocycles. The Balaban J connectivity index is 0.000000231. The fraction of sp³-hybridized carbons (Fsp3) is 0.600. The molecule has 2 N–H and O–H groups in total. The van der Waals surface area contributed by atoms with E-state index in [0.717, 1.165) is 5.92 Å². The molecular weight excluding hydrogens is 338 g/mol. The van der Waals surface area contributed by atoms with Crippen molar-refractivity contribution in [3.63, 3.8) is 0 Å². The highest BCUT2D eigenvalue weighted by Crippen LogP contribution is 2.31. The first-order valence-corrected chi connectivity index (χ1v) is 6.98. The summed E-state index contributed by atoms with van der Waals surface area (Å²) in [6.45, 7) is 5.71. The maximum atomic E-state index is 10.8. The molecule has 118 valence electrons. The van der Waals surface area contributed by atoms with Crippen LogP contribution < -0.4 is 0 Å². The van der Waals surface area contributed by atoms with E-state index in [-0.39, 0.29) is 29.0 Å². The third kappa shape index (κ3) is 4.41. The van der Waals surface area contributed by atoms with E-state index in [0.29, 0.717) is 0 Å². The molecule has 0 aromatic carbocycles. The molecule has 1 atom stereocenters. The summed E-state index contributed by atoms with van der Waals surface area (Å²) in [5.74, 6) is -0.965. The molecule has 2 bridgehead atoms. The fourth-order valence-electron chi connectivity index (χ4n) is 2.90. The van der Waals surface area contributed by atoms with Gasteiger partial charge < -0.3 is 15.1 Å². The minimum absolute atomic E-state index is 0. The predicted octanol–water partition coefficient (Wildman–Crippen LogP) is 2.34. The van der Waals surface area contributed by atoms with Crippen molar-refractivity contribution in [2.75, 3.05) is 19.6 Å². The molecule has 1 aliphatic carbocycles.